The minimum absolute atomic E-state index is 0.242. The molecule has 1 aromatic heterocycles. The molecular weight excluding hydrogens is 296 g/mol. The second-order valence-corrected chi connectivity index (χ2v) is 4.95. The van der Waals surface area contributed by atoms with Gasteiger partial charge >= 0.3 is 0 Å². The van der Waals surface area contributed by atoms with E-state index in [1.54, 1.807) is 48.7 Å². The van der Waals surface area contributed by atoms with Crippen molar-refractivity contribution in [3.05, 3.63) is 59.1 Å². The van der Waals surface area contributed by atoms with Gasteiger partial charge in [-0.05, 0) is 42.5 Å². The summed E-state index contributed by atoms with van der Waals surface area (Å²) in [6.07, 6.45) is 3.15. The van der Waals surface area contributed by atoms with E-state index in [0.29, 0.717) is 27.3 Å². The smallest absolute Gasteiger partial charge is 0.281 e. The van der Waals surface area contributed by atoms with Crippen LogP contribution < -0.4 is 10.2 Å². The van der Waals surface area contributed by atoms with E-state index in [4.69, 9.17) is 28.2 Å². The average molecular weight is 305 g/mol. The molecule has 4 nitrogen and oxygen atoms in total. The SMILES string of the molecule is O=C1C(=Cc2ccco2)NC(=S)N1c1cccc(Cl)c1. The highest BCUT2D eigenvalue weighted by Crippen LogP contribution is 2.25. The number of hydrogen-bond donors (Lipinski definition) is 1. The van der Waals surface area contributed by atoms with E-state index >= 15 is 0 Å². The summed E-state index contributed by atoms with van der Waals surface area (Å²) in [5, 5.41) is 3.73. The molecule has 1 aliphatic heterocycles. The fourth-order valence-electron chi connectivity index (χ4n) is 1.90. The maximum Gasteiger partial charge on any atom is 0.281 e. The molecule has 2 heterocycles. The summed E-state index contributed by atoms with van der Waals surface area (Å²) in [4.78, 5) is 13.8. The van der Waals surface area contributed by atoms with E-state index in [-0.39, 0.29) is 5.91 Å². The molecular formula is C14H9ClN2O2S. The summed E-state index contributed by atoms with van der Waals surface area (Å²) < 4.78 is 5.19. The molecule has 0 spiro atoms. The number of nitrogens with zero attached hydrogens (tertiary/aromatic N) is 1. The molecule has 0 atom stereocenters. The van der Waals surface area contributed by atoms with Gasteiger partial charge in [-0.25, -0.2) is 0 Å². The molecule has 0 radical (unpaired) electrons. The predicted molar refractivity (Wildman–Crippen MR) is 81.4 cm³/mol. The molecule has 0 aliphatic carbocycles. The molecule has 0 saturated carbocycles. The van der Waals surface area contributed by atoms with E-state index in [1.807, 2.05) is 0 Å². The Kier molecular flexibility index (Phi) is 3.30. The number of benzene rings is 1. The minimum atomic E-state index is -0.242. The van der Waals surface area contributed by atoms with Crippen molar-refractivity contribution < 1.29 is 9.21 Å². The van der Waals surface area contributed by atoms with E-state index in [1.165, 1.54) is 4.90 Å². The van der Waals surface area contributed by atoms with Crippen LogP contribution in [0.5, 0.6) is 0 Å². The molecule has 0 unspecified atom stereocenters. The third-order valence-corrected chi connectivity index (χ3v) is 3.29. The van der Waals surface area contributed by atoms with Gasteiger partial charge in [0, 0.05) is 11.1 Å². The van der Waals surface area contributed by atoms with Crippen LogP contribution in [0.15, 0.2) is 52.8 Å². The van der Waals surface area contributed by atoms with Crippen LogP contribution in [0.2, 0.25) is 5.02 Å². The summed E-state index contributed by atoms with van der Waals surface area (Å²) in [5.74, 6) is 0.338. The molecule has 3 rings (SSSR count). The van der Waals surface area contributed by atoms with Crippen molar-refractivity contribution in [1.82, 2.24) is 5.32 Å². The van der Waals surface area contributed by atoms with E-state index < -0.39 is 0 Å². The fraction of sp³-hybridized carbons (Fsp3) is 0. The number of halogens is 1. The number of carbonyl (C=O) groups is 1. The van der Waals surface area contributed by atoms with Crippen LogP contribution in [-0.2, 0) is 4.79 Å². The largest absolute Gasteiger partial charge is 0.465 e. The van der Waals surface area contributed by atoms with Gasteiger partial charge in [0.15, 0.2) is 5.11 Å². The molecule has 1 aliphatic rings. The molecule has 1 aromatic carbocycles. The fourth-order valence-corrected chi connectivity index (χ4v) is 2.38. The topological polar surface area (TPSA) is 45.5 Å². The number of anilines is 1. The highest BCUT2D eigenvalue weighted by Gasteiger charge is 2.32. The first-order valence-electron chi connectivity index (χ1n) is 5.81. The Morgan fingerprint density at radius 1 is 1.30 bits per heavy atom. The Labute approximate surface area is 125 Å². The van der Waals surface area contributed by atoms with Crippen LogP contribution in [0.3, 0.4) is 0 Å². The Hall–Kier alpha value is -2.11. The summed E-state index contributed by atoms with van der Waals surface area (Å²) in [6, 6.07) is 10.5. The Morgan fingerprint density at radius 3 is 2.85 bits per heavy atom. The van der Waals surface area contributed by atoms with Gasteiger partial charge in [0.2, 0.25) is 0 Å². The lowest BCUT2D eigenvalue weighted by Crippen LogP contribution is -2.30. The minimum Gasteiger partial charge on any atom is -0.465 e. The van der Waals surface area contributed by atoms with Crippen molar-refractivity contribution >= 4 is 46.6 Å². The van der Waals surface area contributed by atoms with Gasteiger partial charge in [0.05, 0.1) is 12.0 Å². The van der Waals surface area contributed by atoms with Gasteiger partial charge in [-0.15, -0.1) is 0 Å². The first kappa shape index (κ1) is 12.9. The Bertz CT molecular complexity index is 710. The van der Waals surface area contributed by atoms with Crippen molar-refractivity contribution in [3.8, 4) is 0 Å². The van der Waals surface area contributed by atoms with Crippen molar-refractivity contribution in [1.29, 1.82) is 0 Å². The summed E-state index contributed by atoms with van der Waals surface area (Å²) in [7, 11) is 0. The van der Waals surface area contributed by atoms with Crippen molar-refractivity contribution in [3.63, 3.8) is 0 Å². The third-order valence-electron chi connectivity index (χ3n) is 2.77. The maximum atomic E-state index is 12.4. The second kappa shape index (κ2) is 5.11. The molecule has 2 aromatic rings. The van der Waals surface area contributed by atoms with E-state index in [2.05, 4.69) is 5.32 Å². The second-order valence-electron chi connectivity index (χ2n) is 4.12. The van der Waals surface area contributed by atoms with Crippen LogP contribution in [0.1, 0.15) is 5.76 Å². The van der Waals surface area contributed by atoms with Crippen LogP contribution in [0, 0.1) is 0 Å². The first-order chi connectivity index (χ1) is 9.65. The zero-order chi connectivity index (χ0) is 14.1. The molecule has 0 bridgehead atoms. The van der Waals surface area contributed by atoms with Gasteiger partial charge in [0.1, 0.15) is 11.5 Å². The average Bonchev–Trinajstić information content (AvgIpc) is 2.99. The van der Waals surface area contributed by atoms with Crippen molar-refractivity contribution in [2.45, 2.75) is 0 Å². The number of thiocarbonyl (C=S) groups is 1. The highest BCUT2D eigenvalue weighted by molar-refractivity contribution is 7.80. The number of nitrogens with one attached hydrogen (secondary N) is 1. The van der Waals surface area contributed by atoms with Gasteiger partial charge in [-0.1, -0.05) is 17.7 Å². The predicted octanol–water partition coefficient (Wildman–Crippen LogP) is 3.20. The summed E-state index contributed by atoms with van der Waals surface area (Å²) in [5.41, 5.74) is 0.993. The first-order valence-corrected chi connectivity index (χ1v) is 6.60. The van der Waals surface area contributed by atoms with Gasteiger partial charge in [-0.2, -0.15) is 0 Å². The summed E-state index contributed by atoms with van der Waals surface area (Å²) in [6.45, 7) is 0. The molecule has 20 heavy (non-hydrogen) atoms. The van der Waals surface area contributed by atoms with Crippen molar-refractivity contribution in [2.75, 3.05) is 4.90 Å². The monoisotopic (exact) mass is 304 g/mol. The van der Waals surface area contributed by atoms with Gasteiger partial charge in [0.25, 0.3) is 5.91 Å². The van der Waals surface area contributed by atoms with Crippen LogP contribution in [0.25, 0.3) is 6.08 Å². The van der Waals surface area contributed by atoms with Gasteiger partial charge in [-0.3, -0.25) is 9.69 Å². The molecule has 6 heteroatoms. The third kappa shape index (κ3) is 2.33. The standard InChI is InChI=1S/C14H9ClN2O2S/c15-9-3-1-4-10(7-9)17-13(18)12(16-14(17)20)8-11-5-2-6-19-11/h1-8H,(H,16,20). The van der Waals surface area contributed by atoms with Crippen LogP contribution >= 0.6 is 23.8 Å². The lowest BCUT2D eigenvalue weighted by atomic mass is 10.3. The van der Waals surface area contributed by atoms with Crippen LogP contribution in [0.4, 0.5) is 5.69 Å². The van der Waals surface area contributed by atoms with Gasteiger partial charge < -0.3 is 9.73 Å². The van der Waals surface area contributed by atoms with E-state index in [0.717, 1.165) is 0 Å². The maximum absolute atomic E-state index is 12.4. The van der Waals surface area contributed by atoms with Crippen LogP contribution in [-0.4, -0.2) is 11.0 Å². The Balaban J connectivity index is 1.95. The quantitative estimate of drug-likeness (QED) is 0.683. The molecule has 1 amide bonds. The number of amides is 1. The number of rotatable bonds is 2. The molecule has 1 N–H and O–H groups in total. The zero-order valence-corrected chi connectivity index (χ0v) is 11.7. The van der Waals surface area contributed by atoms with Crippen molar-refractivity contribution in [2.24, 2.45) is 0 Å². The molecule has 100 valence electrons. The number of hydrogen-bond acceptors (Lipinski definition) is 3. The zero-order valence-electron chi connectivity index (χ0n) is 10.2. The number of carbonyl (C=O) groups excluding carboxylic acids is 1. The molecule has 1 fully saturated rings. The lowest BCUT2D eigenvalue weighted by Gasteiger charge is -2.13. The highest BCUT2D eigenvalue weighted by atomic mass is 35.5. The normalized spacial score (nSPS) is 16.9. The molecule has 1 saturated heterocycles. The summed E-state index contributed by atoms with van der Waals surface area (Å²) >= 11 is 11.1. The van der Waals surface area contributed by atoms with E-state index in [9.17, 15) is 4.79 Å². The lowest BCUT2D eigenvalue weighted by molar-refractivity contribution is -0.113. The number of furan rings is 1. The Morgan fingerprint density at radius 2 is 2.15 bits per heavy atom.